The van der Waals surface area contributed by atoms with Gasteiger partial charge in [0.25, 0.3) is 5.91 Å². The van der Waals surface area contributed by atoms with Gasteiger partial charge in [-0.05, 0) is 31.0 Å². The second kappa shape index (κ2) is 6.29. The van der Waals surface area contributed by atoms with Crippen LogP contribution in [0.2, 0.25) is 0 Å². The van der Waals surface area contributed by atoms with E-state index in [4.69, 9.17) is 5.73 Å². The number of carbonyl (C=O) groups excluding carboxylic acids is 2. The molecule has 0 bridgehead atoms. The third-order valence-electron chi connectivity index (χ3n) is 4.95. The number of nitrogens with one attached hydrogen (secondary N) is 1. The van der Waals surface area contributed by atoms with Crippen LogP contribution in [0, 0.1) is 0 Å². The van der Waals surface area contributed by atoms with Crippen molar-refractivity contribution in [1.29, 1.82) is 0 Å². The molecule has 0 aliphatic carbocycles. The number of nitrogens with two attached hydrogens (primary N) is 1. The van der Waals surface area contributed by atoms with Crippen molar-refractivity contribution in [3.05, 3.63) is 41.6 Å². The van der Waals surface area contributed by atoms with Gasteiger partial charge in [0.05, 0.1) is 0 Å². The average Bonchev–Trinajstić information content (AvgIpc) is 3.09. The Morgan fingerprint density at radius 3 is 3.00 bits per heavy atom. The van der Waals surface area contributed by atoms with E-state index in [2.05, 4.69) is 20.2 Å². The summed E-state index contributed by atoms with van der Waals surface area (Å²) in [5, 5.41) is 2.93. The number of primary amides is 1. The second-order valence-electron chi connectivity index (χ2n) is 6.50. The lowest BCUT2D eigenvalue weighted by Gasteiger charge is -2.27. The number of amides is 2. The summed E-state index contributed by atoms with van der Waals surface area (Å²) in [5.41, 5.74) is 6.90. The minimum Gasteiger partial charge on any atom is -0.366 e. The molecule has 26 heavy (non-hydrogen) atoms. The van der Waals surface area contributed by atoms with Crippen LogP contribution in [-0.2, 0) is 0 Å². The number of hydrogen-bond donors (Lipinski definition) is 2. The van der Waals surface area contributed by atoms with Gasteiger partial charge in [-0.15, -0.1) is 0 Å². The van der Waals surface area contributed by atoms with Gasteiger partial charge in [-0.2, -0.15) is 4.98 Å². The maximum Gasteiger partial charge on any atom is 0.263 e. The first kappa shape index (κ1) is 16.3. The molecule has 1 atom stereocenters. The molecular formula is C18H20N6O2. The SMILES string of the molecule is CNc1ncc2c(n1)N1CCCC1CN(c1cccc(C(N)=O)c1)C2=O. The molecular weight excluding hydrogens is 332 g/mol. The van der Waals surface area contributed by atoms with Crippen LogP contribution in [0.15, 0.2) is 30.5 Å². The molecule has 3 heterocycles. The first-order chi connectivity index (χ1) is 12.6. The van der Waals surface area contributed by atoms with Gasteiger partial charge in [0.1, 0.15) is 11.4 Å². The summed E-state index contributed by atoms with van der Waals surface area (Å²) in [6.07, 6.45) is 3.60. The van der Waals surface area contributed by atoms with Crippen LogP contribution in [0.25, 0.3) is 0 Å². The zero-order valence-electron chi connectivity index (χ0n) is 14.5. The Kier molecular flexibility index (Phi) is 3.95. The molecule has 8 heteroatoms. The summed E-state index contributed by atoms with van der Waals surface area (Å²) in [6, 6.07) is 7.04. The molecule has 1 saturated heterocycles. The molecule has 8 nitrogen and oxygen atoms in total. The smallest absolute Gasteiger partial charge is 0.263 e. The number of hydrogen-bond acceptors (Lipinski definition) is 6. The Morgan fingerprint density at radius 1 is 1.38 bits per heavy atom. The van der Waals surface area contributed by atoms with Crippen molar-refractivity contribution in [3.63, 3.8) is 0 Å². The standard InChI is InChI=1S/C18H20N6O2/c1-20-18-21-9-14-16(22-18)23-7-3-6-13(23)10-24(17(14)26)12-5-2-4-11(8-12)15(19)25/h2,4-5,8-9,13H,3,6-7,10H2,1H3,(H2,19,25)(H,20,21,22). The van der Waals surface area contributed by atoms with Crippen molar-refractivity contribution >= 4 is 29.3 Å². The first-order valence-electron chi connectivity index (χ1n) is 8.61. The fourth-order valence-corrected chi connectivity index (χ4v) is 3.66. The molecule has 2 amide bonds. The lowest BCUT2D eigenvalue weighted by molar-refractivity contribution is 0.0981. The molecule has 2 aliphatic rings. The number of benzene rings is 1. The van der Waals surface area contributed by atoms with Crippen molar-refractivity contribution < 1.29 is 9.59 Å². The minimum absolute atomic E-state index is 0.168. The summed E-state index contributed by atoms with van der Waals surface area (Å²) in [7, 11) is 1.75. The minimum atomic E-state index is -0.515. The van der Waals surface area contributed by atoms with Gasteiger partial charge in [0.15, 0.2) is 0 Å². The van der Waals surface area contributed by atoms with Crippen LogP contribution in [0.1, 0.15) is 33.6 Å². The van der Waals surface area contributed by atoms with Crippen molar-refractivity contribution in [3.8, 4) is 0 Å². The van der Waals surface area contributed by atoms with Gasteiger partial charge in [0.2, 0.25) is 11.9 Å². The Morgan fingerprint density at radius 2 is 2.23 bits per heavy atom. The Hall–Kier alpha value is -3.16. The molecule has 0 saturated carbocycles. The van der Waals surface area contributed by atoms with Crippen molar-refractivity contribution in [2.24, 2.45) is 5.73 Å². The van der Waals surface area contributed by atoms with E-state index in [1.807, 2.05) is 6.07 Å². The number of fused-ring (bicyclic) bond motifs is 3. The van der Waals surface area contributed by atoms with Gasteiger partial charge in [-0.3, -0.25) is 9.59 Å². The summed E-state index contributed by atoms with van der Waals surface area (Å²) in [6.45, 7) is 1.40. The molecule has 0 spiro atoms. The average molecular weight is 352 g/mol. The van der Waals surface area contributed by atoms with Gasteiger partial charge < -0.3 is 20.9 Å². The zero-order chi connectivity index (χ0) is 18.3. The van der Waals surface area contributed by atoms with E-state index in [-0.39, 0.29) is 11.9 Å². The highest BCUT2D eigenvalue weighted by molar-refractivity contribution is 6.10. The molecule has 134 valence electrons. The predicted molar refractivity (Wildman–Crippen MR) is 98.6 cm³/mol. The maximum absolute atomic E-state index is 13.2. The fraction of sp³-hybridized carbons (Fsp3) is 0.333. The van der Waals surface area contributed by atoms with Gasteiger partial charge in [0, 0.05) is 43.6 Å². The molecule has 4 rings (SSSR count). The molecule has 1 aromatic carbocycles. The maximum atomic E-state index is 13.2. The molecule has 1 aromatic heterocycles. The lowest BCUT2D eigenvalue weighted by Crippen LogP contribution is -2.39. The van der Waals surface area contributed by atoms with Gasteiger partial charge in [-0.25, -0.2) is 4.98 Å². The molecule has 2 aliphatic heterocycles. The van der Waals surface area contributed by atoms with Crippen molar-refractivity contribution in [2.45, 2.75) is 18.9 Å². The normalized spacial score (nSPS) is 19.0. The third-order valence-corrected chi connectivity index (χ3v) is 4.95. The second-order valence-corrected chi connectivity index (χ2v) is 6.50. The van der Waals surface area contributed by atoms with E-state index < -0.39 is 5.91 Å². The van der Waals surface area contributed by atoms with Crippen LogP contribution in [-0.4, -0.2) is 48.0 Å². The molecule has 2 aromatic rings. The highest BCUT2D eigenvalue weighted by atomic mass is 16.2. The predicted octanol–water partition coefficient (Wildman–Crippen LogP) is 1.25. The van der Waals surface area contributed by atoms with Crippen LogP contribution in [0.5, 0.6) is 0 Å². The van der Waals surface area contributed by atoms with E-state index in [1.54, 1.807) is 36.3 Å². The summed E-state index contributed by atoms with van der Waals surface area (Å²) < 4.78 is 0. The largest absolute Gasteiger partial charge is 0.366 e. The lowest BCUT2D eigenvalue weighted by atomic mass is 10.1. The number of rotatable bonds is 3. The Bertz CT molecular complexity index is 884. The van der Waals surface area contributed by atoms with Crippen LogP contribution in [0.3, 0.4) is 0 Å². The molecule has 1 unspecified atom stereocenters. The summed E-state index contributed by atoms with van der Waals surface area (Å²) in [4.78, 5) is 37.4. The van der Waals surface area contributed by atoms with Gasteiger partial charge >= 0.3 is 0 Å². The highest BCUT2D eigenvalue weighted by Crippen LogP contribution is 2.34. The third kappa shape index (κ3) is 2.63. The Labute approximate surface area is 151 Å². The monoisotopic (exact) mass is 352 g/mol. The first-order valence-corrected chi connectivity index (χ1v) is 8.61. The number of carbonyl (C=O) groups is 2. The van der Waals surface area contributed by atoms with Crippen molar-refractivity contribution in [1.82, 2.24) is 9.97 Å². The topological polar surface area (TPSA) is 104 Å². The van der Waals surface area contributed by atoms with Crippen LogP contribution in [0.4, 0.5) is 17.5 Å². The van der Waals surface area contributed by atoms with E-state index in [0.29, 0.717) is 35.1 Å². The van der Waals surface area contributed by atoms with Crippen LogP contribution < -0.4 is 20.9 Å². The van der Waals surface area contributed by atoms with E-state index in [9.17, 15) is 9.59 Å². The zero-order valence-corrected chi connectivity index (χ0v) is 14.5. The van der Waals surface area contributed by atoms with E-state index in [1.165, 1.54) is 0 Å². The number of nitrogens with zero attached hydrogens (tertiary/aromatic N) is 4. The van der Waals surface area contributed by atoms with E-state index in [0.717, 1.165) is 19.4 Å². The van der Waals surface area contributed by atoms with Crippen LogP contribution >= 0.6 is 0 Å². The van der Waals surface area contributed by atoms with Crippen molar-refractivity contribution in [2.75, 3.05) is 35.3 Å². The Balaban J connectivity index is 1.81. The van der Waals surface area contributed by atoms with Gasteiger partial charge in [-0.1, -0.05) is 6.07 Å². The molecule has 1 fully saturated rings. The van der Waals surface area contributed by atoms with E-state index >= 15 is 0 Å². The summed E-state index contributed by atoms with van der Waals surface area (Å²) in [5.74, 6) is 0.481. The summed E-state index contributed by atoms with van der Waals surface area (Å²) >= 11 is 0. The molecule has 0 radical (unpaired) electrons. The highest BCUT2D eigenvalue weighted by Gasteiger charge is 2.37. The number of aromatic nitrogens is 2. The quantitative estimate of drug-likeness (QED) is 0.861. The number of anilines is 3. The fourth-order valence-electron chi connectivity index (χ4n) is 3.66. The molecule has 3 N–H and O–H groups in total.